The van der Waals surface area contributed by atoms with E-state index in [-0.39, 0.29) is 5.38 Å². The minimum atomic E-state index is -0.130. The maximum atomic E-state index is 6.30. The van der Waals surface area contributed by atoms with Gasteiger partial charge in [0.2, 0.25) is 0 Å². The van der Waals surface area contributed by atoms with Gasteiger partial charge in [0.1, 0.15) is 11.3 Å². The van der Waals surface area contributed by atoms with Gasteiger partial charge in [-0.3, -0.25) is 0 Å². The lowest BCUT2D eigenvalue weighted by Crippen LogP contribution is -2.28. The number of imidazole rings is 1. The Hall–Kier alpha value is -0.770. The van der Waals surface area contributed by atoms with Crippen LogP contribution in [0, 0.1) is 0 Å². The minimum absolute atomic E-state index is 0.130. The Morgan fingerprint density at radius 2 is 2.05 bits per heavy atom. The van der Waals surface area contributed by atoms with Crippen molar-refractivity contribution in [3.05, 3.63) is 29.0 Å². The van der Waals surface area contributed by atoms with Crippen LogP contribution in [0.4, 0.5) is 0 Å². The number of nitrogens with zero attached hydrogens (tertiary/aromatic N) is 3. The molecule has 0 spiro atoms. The van der Waals surface area contributed by atoms with Crippen LogP contribution >= 0.6 is 23.2 Å². The van der Waals surface area contributed by atoms with Gasteiger partial charge in [-0.15, -0.1) is 11.6 Å². The van der Waals surface area contributed by atoms with Gasteiger partial charge in [-0.05, 0) is 38.6 Å². The number of para-hydroxylation sites is 1. The van der Waals surface area contributed by atoms with E-state index in [1.165, 1.54) is 6.42 Å². The molecular weight excluding hydrogens is 305 g/mol. The molecule has 3 nitrogen and oxygen atoms in total. The van der Waals surface area contributed by atoms with Gasteiger partial charge in [-0.2, -0.15) is 0 Å². The van der Waals surface area contributed by atoms with Crippen molar-refractivity contribution >= 4 is 34.2 Å². The number of benzene rings is 1. The van der Waals surface area contributed by atoms with Crippen LogP contribution in [-0.2, 0) is 6.54 Å². The minimum Gasteiger partial charge on any atom is -0.325 e. The average molecular weight is 328 g/mol. The Bertz CT molecular complexity index is 592. The smallest absolute Gasteiger partial charge is 0.127 e. The number of rotatable bonds is 7. The van der Waals surface area contributed by atoms with Crippen molar-refractivity contribution in [3.8, 4) is 0 Å². The molecule has 0 aliphatic carbocycles. The van der Waals surface area contributed by atoms with Crippen molar-refractivity contribution in [3.63, 3.8) is 0 Å². The monoisotopic (exact) mass is 327 g/mol. The highest BCUT2D eigenvalue weighted by molar-refractivity contribution is 6.35. The number of likely N-dealkylation sites (N-methyl/N-ethyl adjacent to an activating group) is 1. The lowest BCUT2D eigenvalue weighted by Gasteiger charge is -2.21. The van der Waals surface area contributed by atoms with E-state index in [0.29, 0.717) is 5.02 Å². The van der Waals surface area contributed by atoms with Crippen LogP contribution in [0.2, 0.25) is 5.02 Å². The van der Waals surface area contributed by atoms with Gasteiger partial charge in [-0.1, -0.05) is 31.5 Å². The fourth-order valence-corrected chi connectivity index (χ4v) is 3.03. The number of fused-ring (bicyclic) bond motifs is 1. The molecule has 2 rings (SSSR count). The predicted molar refractivity (Wildman–Crippen MR) is 91.4 cm³/mol. The van der Waals surface area contributed by atoms with Crippen molar-refractivity contribution in [1.29, 1.82) is 0 Å². The Balaban J connectivity index is 2.32. The maximum absolute atomic E-state index is 6.30. The van der Waals surface area contributed by atoms with Crippen molar-refractivity contribution in [2.24, 2.45) is 0 Å². The van der Waals surface area contributed by atoms with Gasteiger partial charge < -0.3 is 9.47 Å². The van der Waals surface area contributed by atoms with Gasteiger partial charge in [0.15, 0.2) is 0 Å². The molecule has 1 heterocycles. The topological polar surface area (TPSA) is 21.1 Å². The summed E-state index contributed by atoms with van der Waals surface area (Å²) >= 11 is 12.6. The molecular formula is C16H23Cl2N3. The first-order valence-electron chi connectivity index (χ1n) is 7.59. The second kappa shape index (κ2) is 7.48. The summed E-state index contributed by atoms with van der Waals surface area (Å²) in [5.74, 6) is 0.896. The molecule has 0 amide bonds. The number of halogens is 2. The molecule has 0 aliphatic heterocycles. The quantitative estimate of drug-likeness (QED) is 0.686. The second-order valence-corrected chi connectivity index (χ2v) is 6.34. The molecule has 0 saturated carbocycles. The lowest BCUT2D eigenvalue weighted by atomic mass is 10.3. The molecule has 1 aromatic carbocycles. The Labute approximate surface area is 136 Å². The Kier molecular flexibility index (Phi) is 5.91. The standard InChI is InChI=1S/C16H23Cl2N3/c1-4-9-20(5-2)10-11-21-14-8-6-7-13(18)15(14)19-16(21)12(3)17/h6-8,12H,4-5,9-11H2,1-3H3. The first-order chi connectivity index (χ1) is 10.1. The molecule has 0 N–H and O–H groups in total. The molecule has 0 fully saturated rings. The van der Waals surface area contributed by atoms with Gasteiger partial charge in [0, 0.05) is 13.1 Å². The Morgan fingerprint density at radius 3 is 2.67 bits per heavy atom. The molecule has 1 unspecified atom stereocenters. The van der Waals surface area contributed by atoms with E-state index in [1.54, 1.807) is 0 Å². The summed E-state index contributed by atoms with van der Waals surface area (Å²) in [5.41, 5.74) is 1.91. The van der Waals surface area contributed by atoms with Crippen LogP contribution in [-0.4, -0.2) is 34.1 Å². The molecule has 5 heteroatoms. The molecule has 21 heavy (non-hydrogen) atoms. The van der Waals surface area contributed by atoms with E-state index < -0.39 is 0 Å². The van der Waals surface area contributed by atoms with Crippen molar-refractivity contribution in [1.82, 2.24) is 14.5 Å². The van der Waals surface area contributed by atoms with E-state index >= 15 is 0 Å². The van der Waals surface area contributed by atoms with E-state index in [4.69, 9.17) is 23.2 Å². The highest BCUT2D eigenvalue weighted by Crippen LogP contribution is 2.28. The third kappa shape index (κ3) is 3.71. The lowest BCUT2D eigenvalue weighted by molar-refractivity contribution is 0.276. The summed E-state index contributed by atoms with van der Waals surface area (Å²) in [5, 5.41) is 0.556. The van der Waals surface area contributed by atoms with Gasteiger partial charge in [0.05, 0.1) is 15.9 Å². The normalized spacial score (nSPS) is 13.2. The fraction of sp³-hybridized carbons (Fsp3) is 0.562. The summed E-state index contributed by atoms with van der Waals surface area (Å²) < 4.78 is 2.21. The van der Waals surface area contributed by atoms with Crippen LogP contribution in [0.1, 0.15) is 38.4 Å². The zero-order valence-electron chi connectivity index (χ0n) is 12.9. The molecule has 0 aliphatic rings. The van der Waals surface area contributed by atoms with Crippen LogP contribution in [0.3, 0.4) is 0 Å². The largest absolute Gasteiger partial charge is 0.325 e. The summed E-state index contributed by atoms with van der Waals surface area (Å²) in [7, 11) is 0. The van der Waals surface area contributed by atoms with E-state index in [2.05, 4.69) is 34.4 Å². The van der Waals surface area contributed by atoms with Gasteiger partial charge >= 0.3 is 0 Å². The highest BCUT2D eigenvalue weighted by atomic mass is 35.5. The summed E-state index contributed by atoms with van der Waals surface area (Å²) in [6, 6.07) is 5.90. The maximum Gasteiger partial charge on any atom is 0.127 e. The van der Waals surface area contributed by atoms with Crippen LogP contribution < -0.4 is 0 Å². The summed E-state index contributed by atoms with van der Waals surface area (Å²) in [4.78, 5) is 7.09. The predicted octanol–water partition coefficient (Wildman–Crippen LogP) is 4.72. The summed E-state index contributed by atoms with van der Waals surface area (Å²) in [6.45, 7) is 10.4. The van der Waals surface area contributed by atoms with Crippen LogP contribution in [0.5, 0.6) is 0 Å². The van der Waals surface area contributed by atoms with E-state index in [0.717, 1.165) is 43.0 Å². The molecule has 116 valence electrons. The number of aromatic nitrogens is 2. The van der Waals surface area contributed by atoms with Crippen molar-refractivity contribution in [2.75, 3.05) is 19.6 Å². The first-order valence-corrected chi connectivity index (χ1v) is 8.41. The number of hydrogen-bond acceptors (Lipinski definition) is 2. The zero-order valence-corrected chi connectivity index (χ0v) is 14.5. The molecule has 0 bridgehead atoms. The van der Waals surface area contributed by atoms with Crippen molar-refractivity contribution < 1.29 is 0 Å². The fourth-order valence-electron chi connectivity index (χ4n) is 2.66. The van der Waals surface area contributed by atoms with E-state index in [1.807, 2.05) is 19.1 Å². The van der Waals surface area contributed by atoms with Crippen molar-refractivity contribution in [2.45, 2.75) is 39.1 Å². The molecule has 0 saturated heterocycles. The second-order valence-electron chi connectivity index (χ2n) is 5.28. The third-order valence-corrected chi connectivity index (χ3v) is 4.24. The highest BCUT2D eigenvalue weighted by Gasteiger charge is 2.16. The van der Waals surface area contributed by atoms with Crippen LogP contribution in [0.15, 0.2) is 18.2 Å². The van der Waals surface area contributed by atoms with Crippen LogP contribution in [0.25, 0.3) is 11.0 Å². The zero-order chi connectivity index (χ0) is 15.4. The van der Waals surface area contributed by atoms with E-state index in [9.17, 15) is 0 Å². The number of hydrogen-bond donors (Lipinski definition) is 0. The van der Waals surface area contributed by atoms with Gasteiger partial charge in [0.25, 0.3) is 0 Å². The average Bonchev–Trinajstić information content (AvgIpc) is 2.84. The first kappa shape index (κ1) is 16.6. The molecule has 1 aromatic heterocycles. The van der Waals surface area contributed by atoms with Gasteiger partial charge in [-0.25, -0.2) is 4.98 Å². The SMILES string of the molecule is CCCN(CC)CCn1c(C(C)Cl)nc2c(Cl)cccc21. The molecule has 0 radical (unpaired) electrons. The summed E-state index contributed by atoms with van der Waals surface area (Å²) in [6.07, 6.45) is 1.17. The molecule has 1 atom stereocenters. The number of alkyl halides is 1. The third-order valence-electron chi connectivity index (χ3n) is 3.74. The molecule has 2 aromatic rings. The Morgan fingerprint density at radius 1 is 1.29 bits per heavy atom.